The number of hydrogen-bond acceptors (Lipinski definition) is 2. The lowest BCUT2D eigenvalue weighted by Crippen LogP contribution is -2.21. The SMILES string of the molecule is COC(C)CC1Cc2ccccc2C1N. The highest BCUT2D eigenvalue weighted by molar-refractivity contribution is 5.35. The van der Waals surface area contributed by atoms with Gasteiger partial charge in [0.05, 0.1) is 6.10 Å². The number of methoxy groups -OCH3 is 1. The molecule has 0 radical (unpaired) electrons. The molecule has 0 saturated heterocycles. The number of rotatable bonds is 3. The highest BCUT2D eigenvalue weighted by Gasteiger charge is 2.30. The van der Waals surface area contributed by atoms with Crippen LogP contribution in [0.5, 0.6) is 0 Å². The largest absolute Gasteiger partial charge is 0.382 e. The van der Waals surface area contributed by atoms with Gasteiger partial charge in [-0.05, 0) is 36.8 Å². The van der Waals surface area contributed by atoms with Crippen LogP contribution >= 0.6 is 0 Å². The van der Waals surface area contributed by atoms with E-state index in [-0.39, 0.29) is 6.04 Å². The van der Waals surface area contributed by atoms with Gasteiger partial charge in [-0.1, -0.05) is 24.3 Å². The Hall–Kier alpha value is -0.860. The molecule has 1 aromatic rings. The van der Waals surface area contributed by atoms with Crippen LogP contribution in [0.15, 0.2) is 24.3 Å². The predicted molar refractivity (Wildman–Crippen MR) is 61.7 cm³/mol. The molecule has 0 bridgehead atoms. The molecule has 0 amide bonds. The van der Waals surface area contributed by atoms with Crippen molar-refractivity contribution in [2.75, 3.05) is 7.11 Å². The number of benzene rings is 1. The number of fused-ring (bicyclic) bond motifs is 1. The first-order chi connectivity index (χ1) is 7.22. The maximum absolute atomic E-state index is 6.24. The number of nitrogens with two attached hydrogens (primary N) is 1. The summed E-state index contributed by atoms with van der Waals surface area (Å²) in [6, 6.07) is 8.69. The van der Waals surface area contributed by atoms with E-state index in [0.717, 1.165) is 12.8 Å². The summed E-state index contributed by atoms with van der Waals surface area (Å²) in [5.41, 5.74) is 8.98. The zero-order valence-electron chi connectivity index (χ0n) is 9.44. The third-order valence-electron chi connectivity index (χ3n) is 3.44. The topological polar surface area (TPSA) is 35.2 Å². The Balaban J connectivity index is 2.10. The van der Waals surface area contributed by atoms with Gasteiger partial charge in [0.15, 0.2) is 0 Å². The summed E-state index contributed by atoms with van der Waals surface area (Å²) in [6.07, 6.45) is 2.45. The smallest absolute Gasteiger partial charge is 0.0546 e. The Morgan fingerprint density at radius 2 is 2.20 bits per heavy atom. The van der Waals surface area contributed by atoms with Crippen molar-refractivity contribution in [3.63, 3.8) is 0 Å². The second-order valence-electron chi connectivity index (χ2n) is 4.47. The molecule has 0 spiro atoms. The van der Waals surface area contributed by atoms with Gasteiger partial charge in [0.25, 0.3) is 0 Å². The van der Waals surface area contributed by atoms with Crippen molar-refractivity contribution in [3.05, 3.63) is 35.4 Å². The quantitative estimate of drug-likeness (QED) is 0.821. The van der Waals surface area contributed by atoms with Gasteiger partial charge >= 0.3 is 0 Å². The molecule has 2 nitrogen and oxygen atoms in total. The van der Waals surface area contributed by atoms with Crippen molar-refractivity contribution in [3.8, 4) is 0 Å². The molecule has 1 aliphatic carbocycles. The zero-order chi connectivity index (χ0) is 10.8. The highest BCUT2D eigenvalue weighted by Crippen LogP contribution is 2.36. The van der Waals surface area contributed by atoms with Crippen LogP contribution in [0.4, 0.5) is 0 Å². The van der Waals surface area contributed by atoms with Gasteiger partial charge < -0.3 is 10.5 Å². The molecule has 2 heteroatoms. The van der Waals surface area contributed by atoms with Crippen LogP contribution in [0.3, 0.4) is 0 Å². The molecule has 3 atom stereocenters. The van der Waals surface area contributed by atoms with E-state index in [4.69, 9.17) is 10.5 Å². The first-order valence-corrected chi connectivity index (χ1v) is 5.58. The molecule has 2 N–H and O–H groups in total. The summed E-state index contributed by atoms with van der Waals surface area (Å²) < 4.78 is 5.30. The summed E-state index contributed by atoms with van der Waals surface area (Å²) >= 11 is 0. The second-order valence-corrected chi connectivity index (χ2v) is 4.47. The molecule has 1 aliphatic rings. The second kappa shape index (κ2) is 4.33. The van der Waals surface area contributed by atoms with Crippen LogP contribution in [0.1, 0.15) is 30.5 Å². The van der Waals surface area contributed by atoms with E-state index in [1.807, 2.05) is 0 Å². The average Bonchev–Trinajstić information content (AvgIpc) is 2.57. The summed E-state index contributed by atoms with van der Waals surface area (Å²) in [7, 11) is 1.76. The van der Waals surface area contributed by atoms with E-state index in [2.05, 4.69) is 31.2 Å². The normalized spacial score (nSPS) is 26.3. The number of hydrogen-bond donors (Lipinski definition) is 1. The molecular formula is C13H19NO. The average molecular weight is 205 g/mol. The molecule has 82 valence electrons. The molecule has 0 saturated carbocycles. The van der Waals surface area contributed by atoms with Crippen molar-refractivity contribution in [1.29, 1.82) is 0 Å². The Morgan fingerprint density at radius 3 is 2.87 bits per heavy atom. The minimum absolute atomic E-state index is 0.193. The first-order valence-electron chi connectivity index (χ1n) is 5.58. The van der Waals surface area contributed by atoms with Crippen LogP contribution in [-0.2, 0) is 11.2 Å². The predicted octanol–water partition coefficient (Wildman–Crippen LogP) is 2.28. The monoisotopic (exact) mass is 205 g/mol. The van der Waals surface area contributed by atoms with Crippen molar-refractivity contribution in [2.45, 2.75) is 31.9 Å². The summed E-state index contributed by atoms with van der Waals surface area (Å²) in [6.45, 7) is 2.11. The molecule has 15 heavy (non-hydrogen) atoms. The van der Waals surface area contributed by atoms with Crippen molar-refractivity contribution in [1.82, 2.24) is 0 Å². The fourth-order valence-corrected chi connectivity index (χ4v) is 2.46. The minimum atomic E-state index is 0.193. The standard InChI is InChI=1S/C13H19NO/c1-9(15-2)7-11-8-10-5-3-4-6-12(10)13(11)14/h3-6,9,11,13H,7-8,14H2,1-2H3. The van der Waals surface area contributed by atoms with Crippen LogP contribution < -0.4 is 5.73 Å². The Bertz CT molecular complexity index is 337. The van der Waals surface area contributed by atoms with Gasteiger partial charge in [-0.3, -0.25) is 0 Å². The maximum atomic E-state index is 6.24. The third-order valence-corrected chi connectivity index (χ3v) is 3.44. The fraction of sp³-hybridized carbons (Fsp3) is 0.538. The van der Waals surface area contributed by atoms with Crippen LogP contribution in [0, 0.1) is 5.92 Å². The molecule has 0 heterocycles. The summed E-state index contributed by atoms with van der Waals surface area (Å²) in [5.74, 6) is 0.539. The van der Waals surface area contributed by atoms with E-state index in [1.165, 1.54) is 11.1 Å². The van der Waals surface area contributed by atoms with Gasteiger partial charge in [-0.15, -0.1) is 0 Å². The van der Waals surface area contributed by atoms with Gasteiger partial charge in [-0.2, -0.15) is 0 Å². The maximum Gasteiger partial charge on any atom is 0.0546 e. The van der Waals surface area contributed by atoms with Crippen LogP contribution in [0.25, 0.3) is 0 Å². The molecular weight excluding hydrogens is 186 g/mol. The van der Waals surface area contributed by atoms with E-state index in [0.29, 0.717) is 12.0 Å². The Kier molecular flexibility index (Phi) is 3.08. The third kappa shape index (κ3) is 2.06. The molecule has 2 rings (SSSR count). The van der Waals surface area contributed by atoms with Crippen molar-refractivity contribution < 1.29 is 4.74 Å². The highest BCUT2D eigenvalue weighted by atomic mass is 16.5. The van der Waals surface area contributed by atoms with Crippen LogP contribution in [0.2, 0.25) is 0 Å². The van der Waals surface area contributed by atoms with Crippen molar-refractivity contribution >= 4 is 0 Å². The van der Waals surface area contributed by atoms with E-state index < -0.39 is 0 Å². The summed E-state index contributed by atoms with van der Waals surface area (Å²) in [4.78, 5) is 0. The van der Waals surface area contributed by atoms with Gasteiger partial charge in [0, 0.05) is 13.2 Å². The van der Waals surface area contributed by atoms with Gasteiger partial charge in [0.1, 0.15) is 0 Å². The van der Waals surface area contributed by atoms with E-state index in [1.54, 1.807) is 7.11 Å². The van der Waals surface area contributed by atoms with E-state index >= 15 is 0 Å². The molecule has 1 aromatic carbocycles. The lowest BCUT2D eigenvalue weighted by Gasteiger charge is -2.19. The lowest BCUT2D eigenvalue weighted by atomic mass is 9.95. The fourth-order valence-electron chi connectivity index (χ4n) is 2.46. The molecule has 3 unspecified atom stereocenters. The molecule has 0 aromatic heterocycles. The molecule has 0 fully saturated rings. The minimum Gasteiger partial charge on any atom is -0.382 e. The summed E-state index contributed by atoms with van der Waals surface area (Å²) in [5, 5.41) is 0. The van der Waals surface area contributed by atoms with Gasteiger partial charge in [-0.25, -0.2) is 0 Å². The Labute approximate surface area is 91.4 Å². The van der Waals surface area contributed by atoms with Crippen LogP contribution in [-0.4, -0.2) is 13.2 Å². The van der Waals surface area contributed by atoms with Gasteiger partial charge in [0.2, 0.25) is 0 Å². The molecule has 0 aliphatic heterocycles. The van der Waals surface area contributed by atoms with Crippen molar-refractivity contribution in [2.24, 2.45) is 11.7 Å². The Morgan fingerprint density at radius 1 is 1.47 bits per heavy atom. The zero-order valence-corrected chi connectivity index (χ0v) is 9.44. The first kappa shape index (κ1) is 10.7. The number of ether oxygens (including phenoxy) is 1. The van der Waals surface area contributed by atoms with E-state index in [9.17, 15) is 0 Å². The lowest BCUT2D eigenvalue weighted by molar-refractivity contribution is 0.0924.